The van der Waals surface area contributed by atoms with Crippen molar-refractivity contribution in [3.8, 4) is 0 Å². The zero-order chi connectivity index (χ0) is 13.1. The van der Waals surface area contributed by atoms with Crippen molar-refractivity contribution in [3.05, 3.63) is 69.2 Å². The van der Waals surface area contributed by atoms with E-state index in [1.165, 1.54) is 5.56 Å². The molecule has 2 rings (SSSR count). The van der Waals surface area contributed by atoms with Crippen LogP contribution in [0.1, 0.15) is 29.7 Å². The molecule has 0 heterocycles. The molecular formula is C15H15Cl2N. The van der Waals surface area contributed by atoms with E-state index in [0.29, 0.717) is 10.0 Å². The summed E-state index contributed by atoms with van der Waals surface area (Å²) in [6, 6.07) is 13.4. The third-order valence-corrected chi connectivity index (χ3v) is 3.69. The lowest BCUT2D eigenvalue weighted by molar-refractivity contribution is 0.868. The quantitative estimate of drug-likeness (QED) is 0.873. The van der Waals surface area contributed by atoms with Crippen LogP contribution in [-0.2, 0) is 6.42 Å². The maximum absolute atomic E-state index is 6.27. The highest BCUT2D eigenvalue weighted by Crippen LogP contribution is 2.32. The van der Waals surface area contributed by atoms with Crippen LogP contribution in [0.4, 0.5) is 0 Å². The van der Waals surface area contributed by atoms with Gasteiger partial charge in [-0.1, -0.05) is 60.5 Å². The molecule has 0 radical (unpaired) electrons. The van der Waals surface area contributed by atoms with Gasteiger partial charge in [0.2, 0.25) is 0 Å². The molecule has 0 aliphatic rings. The van der Waals surface area contributed by atoms with Crippen LogP contribution in [0, 0.1) is 0 Å². The lowest BCUT2D eigenvalue weighted by Crippen LogP contribution is -2.13. The first-order valence-electron chi connectivity index (χ1n) is 5.91. The molecule has 0 saturated heterocycles. The van der Waals surface area contributed by atoms with E-state index in [1.54, 1.807) is 0 Å². The van der Waals surface area contributed by atoms with Gasteiger partial charge in [-0.05, 0) is 29.7 Å². The number of rotatable bonds is 3. The molecule has 1 nitrogen and oxygen atoms in total. The minimum absolute atomic E-state index is 0.294. The average Bonchev–Trinajstić information content (AvgIpc) is 2.38. The Morgan fingerprint density at radius 1 is 1.06 bits per heavy atom. The number of nitrogens with two attached hydrogens (primary N) is 1. The lowest BCUT2D eigenvalue weighted by atomic mass is 9.97. The third kappa shape index (κ3) is 2.69. The second-order valence-corrected chi connectivity index (χ2v) is 5.03. The Morgan fingerprint density at radius 3 is 2.28 bits per heavy atom. The average molecular weight is 280 g/mol. The Kier molecular flexibility index (Phi) is 4.28. The molecule has 0 spiro atoms. The highest BCUT2D eigenvalue weighted by Gasteiger charge is 2.15. The molecule has 0 amide bonds. The fraction of sp³-hybridized carbons (Fsp3) is 0.200. The van der Waals surface area contributed by atoms with Gasteiger partial charge in [-0.3, -0.25) is 0 Å². The summed E-state index contributed by atoms with van der Waals surface area (Å²) in [5.74, 6) is 0. The Balaban J connectivity index is 2.44. The van der Waals surface area contributed by atoms with Crippen LogP contribution >= 0.6 is 23.2 Å². The minimum atomic E-state index is -0.294. The van der Waals surface area contributed by atoms with Crippen LogP contribution in [0.5, 0.6) is 0 Å². The number of benzene rings is 2. The van der Waals surface area contributed by atoms with Gasteiger partial charge in [-0.15, -0.1) is 0 Å². The minimum Gasteiger partial charge on any atom is -0.320 e. The van der Waals surface area contributed by atoms with Crippen molar-refractivity contribution in [2.45, 2.75) is 19.4 Å². The normalized spacial score (nSPS) is 12.4. The molecule has 1 atom stereocenters. The van der Waals surface area contributed by atoms with Gasteiger partial charge < -0.3 is 5.73 Å². The maximum atomic E-state index is 6.27. The zero-order valence-electron chi connectivity index (χ0n) is 10.2. The first-order chi connectivity index (χ1) is 8.63. The van der Waals surface area contributed by atoms with Crippen LogP contribution in [0.3, 0.4) is 0 Å². The summed E-state index contributed by atoms with van der Waals surface area (Å²) in [4.78, 5) is 0. The molecule has 0 aliphatic heterocycles. The standard InChI is InChI=1S/C15H15Cl2N/c1-2-10-5-3-6-11(9-10)15(18)14-12(16)7-4-8-13(14)17/h3-9,15H,2,18H2,1H3. The van der Waals surface area contributed by atoms with E-state index in [2.05, 4.69) is 19.1 Å². The molecule has 0 bridgehead atoms. The van der Waals surface area contributed by atoms with E-state index in [9.17, 15) is 0 Å². The summed E-state index contributed by atoms with van der Waals surface area (Å²) in [5.41, 5.74) is 9.35. The Labute approximate surface area is 118 Å². The van der Waals surface area contributed by atoms with Crippen molar-refractivity contribution in [2.24, 2.45) is 5.73 Å². The van der Waals surface area contributed by atoms with Crippen molar-refractivity contribution in [1.29, 1.82) is 0 Å². The molecule has 2 aromatic carbocycles. The topological polar surface area (TPSA) is 26.0 Å². The zero-order valence-corrected chi connectivity index (χ0v) is 11.7. The second-order valence-electron chi connectivity index (χ2n) is 4.21. The third-order valence-electron chi connectivity index (χ3n) is 3.03. The van der Waals surface area contributed by atoms with Gasteiger partial charge >= 0.3 is 0 Å². The predicted molar refractivity (Wildman–Crippen MR) is 78.3 cm³/mol. The number of halogens is 2. The molecule has 0 aromatic heterocycles. The smallest absolute Gasteiger partial charge is 0.0581 e. The highest BCUT2D eigenvalue weighted by molar-refractivity contribution is 6.36. The first kappa shape index (κ1) is 13.4. The summed E-state index contributed by atoms with van der Waals surface area (Å²) in [6.45, 7) is 2.12. The van der Waals surface area contributed by atoms with Crippen LogP contribution in [-0.4, -0.2) is 0 Å². The number of hydrogen-bond donors (Lipinski definition) is 1. The van der Waals surface area contributed by atoms with Crippen molar-refractivity contribution in [1.82, 2.24) is 0 Å². The predicted octanol–water partition coefficient (Wildman–Crippen LogP) is 4.60. The van der Waals surface area contributed by atoms with Crippen molar-refractivity contribution < 1.29 is 0 Å². The summed E-state index contributed by atoms with van der Waals surface area (Å²) in [5, 5.41) is 1.22. The fourth-order valence-corrected chi connectivity index (χ4v) is 2.61. The van der Waals surface area contributed by atoms with Crippen molar-refractivity contribution >= 4 is 23.2 Å². The largest absolute Gasteiger partial charge is 0.320 e. The van der Waals surface area contributed by atoms with E-state index in [0.717, 1.165) is 17.5 Å². The molecule has 3 heteroatoms. The van der Waals surface area contributed by atoms with Crippen LogP contribution in [0.15, 0.2) is 42.5 Å². The van der Waals surface area contributed by atoms with Gasteiger partial charge in [0, 0.05) is 15.6 Å². The van der Waals surface area contributed by atoms with E-state index >= 15 is 0 Å². The molecule has 0 aliphatic carbocycles. The molecule has 0 fully saturated rings. The van der Waals surface area contributed by atoms with Gasteiger partial charge in [-0.25, -0.2) is 0 Å². The van der Waals surface area contributed by atoms with Gasteiger partial charge in [0.05, 0.1) is 6.04 Å². The first-order valence-corrected chi connectivity index (χ1v) is 6.67. The van der Waals surface area contributed by atoms with Crippen LogP contribution in [0.25, 0.3) is 0 Å². The van der Waals surface area contributed by atoms with E-state index < -0.39 is 0 Å². The summed E-state index contributed by atoms with van der Waals surface area (Å²) in [7, 11) is 0. The molecule has 2 N–H and O–H groups in total. The second kappa shape index (κ2) is 5.75. The Bertz CT molecular complexity index is 532. The van der Waals surface area contributed by atoms with Crippen molar-refractivity contribution in [2.75, 3.05) is 0 Å². The Morgan fingerprint density at radius 2 is 1.67 bits per heavy atom. The lowest BCUT2D eigenvalue weighted by Gasteiger charge is -2.16. The summed E-state index contributed by atoms with van der Waals surface area (Å²) < 4.78 is 0. The van der Waals surface area contributed by atoms with Gasteiger partial charge in [0.25, 0.3) is 0 Å². The van der Waals surface area contributed by atoms with Crippen molar-refractivity contribution in [3.63, 3.8) is 0 Å². The SMILES string of the molecule is CCc1cccc(C(N)c2c(Cl)cccc2Cl)c1. The van der Waals surface area contributed by atoms with Gasteiger partial charge in [0.15, 0.2) is 0 Å². The van der Waals surface area contributed by atoms with E-state index in [1.807, 2.05) is 30.3 Å². The summed E-state index contributed by atoms with van der Waals surface area (Å²) >= 11 is 12.4. The molecule has 94 valence electrons. The molecule has 0 saturated carbocycles. The maximum Gasteiger partial charge on any atom is 0.0581 e. The molecule has 18 heavy (non-hydrogen) atoms. The van der Waals surface area contributed by atoms with Gasteiger partial charge in [0.1, 0.15) is 0 Å². The molecule has 1 unspecified atom stereocenters. The van der Waals surface area contributed by atoms with Crippen LogP contribution < -0.4 is 5.73 Å². The monoisotopic (exact) mass is 279 g/mol. The molecule has 2 aromatic rings. The molecular weight excluding hydrogens is 265 g/mol. The fourth-order valence-electron chi connectivity index (χ4n) is 1.98. The number of aryl methyl sites for hydroxylation is 1. The Hall–Kier alpha value is -1.02. The van der Waals surface area contributed by atoms with E-state index in [4.69, 9.17) is 28.9 Å². The number of hydrogen-bond acceptors (Lipinski definition) is 1. The highest BCUT2D eigenvalue weighted by atomic mass is 35.5. The van der Waals surface area contributed by atoms with E-state index in [-0.39, 0.29) is 6.04 Å². The van der Waals surface area contributed by atoms with Gasteiger partial charge in [-0.2, -0.15) is 0 Å². The summed E-state index contributed by atoms with van der Waals surface area (Å²) in [6.07, 6.45) is 0.983. The van der Waals surface area contributed by atoms with Crippen LogP contribution in [0.2, 0.25) is 10.0 Å².